The van der Waals surface area contributed by atoms with Gasteiger partial charge in [0, 0.05) is 6.92 Å². The van der Waals surface area contributed by atoms with Crippen molar-refractivity contribution < 1.29 is 4.79 Å². The summed E-state index contributed by atoms with van der Waals surface area (Å²) in [6.45, 7) is 9.65. The molecule has 116 valence electrons. The second-order valence-electron chi connectivity index (χ2n) is 5.41. The van der Waals surface area contributed by atoms with Crippen molar-refractivity contribution in [2.24, 2.45) is 4.99 Å². The van der Waals surface area contributed by atoms with E-state index in [4.69, 9.17) is 4.99 Å². The fourth-order valence-electron chi connectivity index (χ4n) is 2.41. The number of rotatable bonds is 3. The number of hydrogen-bond donors (Lipinski definition) is 0. The molecule has 0 N–H and O–H groups in total. The Labute approximate surface area is 133 Å². The molecular weight excluding hydrogens is 272 g/mol. The molecule has 22 heavy (non-hydrogen) atoms. The van der Waals surface area contributed by atoms with E-state index in [1.807, 2.05) is 19.1 Å². The fourth-order valence-corrected chi connectivity index (χ4v) is 2.41. The van der Waals surface area contributed by atoms with E-state index in [0.717, 1.165) is 28.2 Å². The molecule has 0 spiro atoms. The van der Waals surface area contributed by atoms with Crippen LogP contribution in [0, 0.1) is 20.8 Å². The quantitative estimate of drug-likeness (QED) is 0.591. The molecule has 0 radical (unpaired) electrons. The van der Waals surface area contributed by atoms with E-state index in [-0.39, 0.29) is 13.2 Å². The number of Topliss-reactive ketones (excluding diaryl/α,β-unsaturated/α-hetero) is 1. The highest BCUT2D eigenvalue weighted by Gasteiger charge is 2.07. The van der Waals surface area contributed by atoms with Crippen molar-refractivity contribution in [3.8, 4) is 0 Å². The van der Waals surface area contributed by atoms with Crippen molar-refractivity contribution in [3.05, 3.63) is 58.4 Å². The fraction of sp³-hybridized carbons (Fsp3) is 0.316. The Morgan fingerprint density at radius 3 is 2.09 bits per heavy atom. The highest BCUT2D eigenvalue weighted by molar-refractivity contribution is 6.00. The number of hydrogen-bond acceptors (Lipinski definition) is 3. The van der Waals surface area contributed by atoms with Gasteiger partial charge in [-0.3, -0.25) is 9.79 Å². The third-order valence-electron chi connectivity index (χ3n) is 3.40. The molecular formula is C19H24N2O. The van der Waals surface area contributed by atoms with Crippen LogP contribution in [0.3, 0.4) is 0 Å². The predicted molar refractivity (Wildman–Crippen MR) is 93.5 cm³/mol. The number of aromatic nitrogens is 1. The Bertz CT molecular complexity index is 707. The van der Waals surface area contributed by atoms with Crippen molar-refractivity contribution >= 4 is 17.2 Å². The lowest BCUT2D eigenvalue weighted by Crippen LogP contribution is -2.04. The van der Waals surface area contributed by atoms with E-state index in [0.29, 0.717) is 5.69 Å². The molecule has 0 aliphatic rings. The normalized spacial score (nSPS) is 11.0. The maximum atomic E-state index is 11.4. The van der Waals surface area contributed by atoms with Crippen molar-refractivity contribution in [2.45, 2.75) is 42.0 Å². The molecule has 3 nitrogen and oxygen atoms in total. The minimum atomic E-state index is -0.0349. The van der Waals surface area contributed by atoms with Gasteiger partial charge in [-0.25, -0.2) is 4.98 Å². The molecule has 0 amide bonds. The molecule has 0 aliphatic heterocycles. The molecule has 1 aromatic heterocycles. The number of carbonyl (C=O) groups is 1. The minimum Gasteiger partial charge on any atom is -0.293 e. The number of carbonyl (C=O) groups excluding carboxylic acids is 1. The lowest BCUT2D eigenvalue weighted by atomic mass is 10.1. The van der Waals surface area contributed by atoms with Gasteiger partial charge in [-0.1, -0.05) is 31.2 Å². The van der Waals surface area contributed by atoms with Crippen LogP contribution in [0.4, 0.5) is 5.69 Å². The Balaban J connectivity index is 0.00000242. The average molecular weight is 296 g/mol. The van der Waals surface area contributed by atoms with Crippen molar-refractivity contribution in [1.29, 1.82) is 0 Å². The van der Waals surface area contributed by atoms with Crippen LogP contribution in [0.1, 0.15) is 54.1 Å². The minimum absolute atomic E-state index is 0. The number of aliphatic imine (C=N–C) groups is 1. The van der Waals surface area contributed by atoms with Crippen LogP contribution in [-0.2, 0) is 0 Å². The topological polar surface area (TPSA) is 42.3 Å². The van der Waals surface area contributed by atoms with Gasteiger partial charge in [0.15, 0.2) is 5.78 Å². The summed E-state index contributed by atoms with van der Waals surface area (Å²) in [6.07, 6.45) is 0. The standard InChI is InChI=1S/C18H20N2O.CH4/c1-11-9-12(2)18(13(3)10-11)19-14(4)16-7-6-8-17(20-16)15(5)21;/h6-10H,1-5H3;1H4. The van der Waals surface area contributed by atoms with Gasteiger partial charge in [0.25, 0.3) is 0 Å². The number of benzene rings is 1. The summed E-state index contributed by atoms with van der Waals surface area (Å²) in [7, 11) is 0. The zero-order valence-corrected chi connectivity index (χ0v) is 13.2. The van der Waals surface area contributed by atoms with Gasteiger partial charge in [-0.2, -0.15) is 0 Å². The summed E-state index contributed by atoms with van der Waals surface area (Å²) < 4.78 is 0. The lowest BCUT2D eigenvalue weighted by molar-refractivity contribution is 0.101. The molecule has 1 heterocycles. The van der Waals surface area contributed by atoms with Crippen LogP contribution in [-0.4, -0.2) is 16.5 Å². The molecule has 2 aromatic rings. The third kappa shape index (κ3) is 3.88. The smallest absolute Gasteiger partial charge is 0.178 e. The first-order valence-electron chi connectivity index (χ1n) is 7.00. The second-order valence-corrected chi connectivity index (χ2v) is 5.41. The first-order valence-corrected chi connectivity index (χ1v) is 7.00. The van der Waals surface area contributed by atoms with Crippen LogP contribution >= 0.6 is 0 Å². The Hall–Kier alpha value is -2.29. The van der Waals surface area contributed by atoms with Gasteiger partial charge in [-0.05, 0) is 51.0 Å². The number of pyridine rings is 1. The molecule has 0 aliphatic carbocycles. The average Bonchev–Trinajstić information content (AvgIpc) is 2.42. The van der Waals surface area contributed by atoms with Gasteiger partial charge in [0.05, 0.1) is 17.1 Å². The van der Waals surface area contributed by atoms with E-state index in [1.54, 1.807) is 6.07 Å². The maximum Gasteiger partial charge on any atom is 0.178 e. The summed E-state index contributed by atoms with van der Waals surface area (Å²) in [6, 6.07) is 9.69. The molecule has 0 unspecified atom stereocenters. The molecule has 1 aromatic carbocycles. The van der Waals surface area contributed by atoms with E-state index in [9.17, 15) is 4.79 Å². The first-order chi connectivity index (χ1) is 9.88. The number of nitrogens with zero attached hydrogens (tertiary/aromatic N) is 2. The van der Waals surface area contributed by atoms with E-state index >= 15 is 0 Å². The summed E-state index contributed by atoms with van der Waals surface area (Å²) in [5.74, 6) is -0.0349. The first kappa shape index (κ1) is 17.8. The summed E-state index contributed by atoms with van der Waals surface area (Å²) in [4.78, 5) is 20.5. The summed E-state index contributed by atoms with van der Waals surface area (Å²) >= 11 is 0. The largest absolute Gasteiger partial charge is 0.293 e. The monoisotopic (exact) mass is 296 g/mol. The summed E-state index contributed by atoms with van der Waals surface area (Å²) in [5, 5.41) is 0. The van der Waals surface area contributed by atoms with Crippen LogP contribution in [0.5, 0.6) is 0 Å². The third-order valence-corrected chi connectivity index (χ3v) is 3.40. The van der Waals surface area contributed by atoms with Crippen LogP contribution in [0.25, 0.3) is 0 Å². The molecule has 0 fully saturated rings. The molecule has 2 rings (SSSR count). The second kappa shape index (κ2) is 7.12. The Kier molecular flexibility index (Phi) is 5.75. The van der Waals surface area contributed by atoms with Crippen LogP contribution in [0.2, 0.25) is 0 Å². The van der Waals surface area contributed by atoms with Crippen LogP contribution < -0.4 is 0 Å². The van der Waals surface area contributed by atoms with Gasteiger partial charge in [-0.15, -0.1) is 0 Å². The zero-order chi connectivity index (χ0) is 15.6. The van der Waals surface area contributed by atoms with Gasteiger partial charge >= 0.3 is 0 Å². The highest BCUT2D eigenvalue weighted by atomic mass is 16.1. The van der Waals surface area contributed by atoms with E-state index < -0.39 is 0 Å². The number of ketones is 1. The molecule has 3 heteroatoms. The molecule has 0 saturated carbocycles. The predicted octanol–water partition coefficient (Wildman–Crippen LogP) is 4.99. The molecule has 0 saturated heterocycles. The Morgan fingerprint density at radius 1 is 1.00 bits per heavy atom. The van der Waals surface area contributed by atoms with Gasteiger partial charge in [0.1, 0.15) is 5.69 Å². The lowest BCUT2D eigenvalue weighted by Gasteiger charge is -2.08. The number of aryl methyl sites for hydroxylation is 3. The van der Waals surface area contributed by atoms with Crippen LogP contribution in [0.15, 0.2) is 35.3 Å². The maximum absolute atomic E-state index is 11.4. The SMILES string of the molecule is C.CC(=O)c1cccc(C(C)=Nc2c(C)cc(C)cc2C)n1. The summed E-state index contributed by atoms with van der Waals surface area (Å²) in [5.41, 5.74) is 6.53. The zero-order valence-electron chi connectivity index (χ0n) is 13.2. The highest BCUT2D eigenvalue weighted by Crippen LogP contribution is 2.25. The van der Waals surface area contributed by atoms with Gasteiger partial charge in [0.2, 0.25) is 0 Å². The van der Waals surface area contributed by atoms with Crippen molar-refractivity contribution in [1.82, 2.24) is 4.98 Å². The van der Waals surface area contributed by atoms with E-state index in [1.165, 1.54) is 12.5 Å². The van der Waals surface area contributed by atoms with Crippen molar-refractivity contribution in [2.75, 3.05) is 0 Å². The molecule has 0 atom stereocenters. The van der Waals surface area contributed by atoms with E-state index in [2.05, 4.69) is 37.9 Å². The molecule has 0 bridgehead atoms. The Morgan fingerprint density at radius 2 is 1.55 bits per heavy atom. The van der Waals surface area contributed by atoms with Gasteiger partial charge < -0.3 is 0 Å². The van der Waals surface area contributed by atoms with Crippen molar-refractivity contribution in [3.63, 3.8) is 0 Å².